The summed E-state index contributed by atoms with van der Waals surface area (Å²) in [6.45, 7) is 5.92. The largest absolute Gasteiger partial charge is 0.487 e. The number of nitrogens with zero attached hydrogens (tertiary/aromatic N) is 4. The first kappa shape index (κ1) is 26.3. The molecule has 0 unspecified atom stereocenters. The molecule has 0 spiro atoms. The number of carbonyl (C=O) groups excluding carboxylic acids is 1. The van der Waals surface area contributed by atoms with E-state index in [9.17, 15) is 4.79 Å². The summed E-state index contributed by atoms with van der Waals surface area (Å²) < 4.78 is 13.8. The number of nitrogen functional groups attached to an aromatic ring is 1. The molecule has 0 radical (unpaired) electrons. The predicted molar refractivity (Wildman–Crippen MR) is 165 cm³/mol. The number of anilines is 1. The first-order valence-electron chi connectivity index (χ1n) is 14.8. The molecule has 1 atom stereocenters. The Morgan fingerprint density at radius 2 is 1.88 bits per heavy atom. The third-order valence-corrected chi connectivity index (χ3v) is 8.67. The number of hydrogen-bond acceptors (Lipinski definition) is 6. The summed E-state index contributed by atoms with van der Waals surface area (Å²) in [6.07, 6.45) is 4.81. The molecule has 1 aliphatic carbocycles. The van der Waals surface area contributed by atoms with Gasteiger partial charge in [-0.2, -0.15) is 5.10 Å². The number of nitrogens with two attached hydrogens (primary N) is 1. The van der Waals surface area contributed by atoms with Gasteiger partial charge in [0.25, 0.3) is 0 Å². The van der Waals surface area contributed by atoms with Crippen LogP contribution >= 0.6 is 0 Å². The molecule has 2 aromatic heterocycles. The van der Waals surface area contributed by atoms with E-state index >= 15 is 0 Å². The Morgan fingerprint density at radius 1 is 1.02 bits per heavy atom. The Bertz CT molecular complexity index is 1810. The highest BCUT2D eigenvalue weighted by Crippen LogP contribution is 2.43. The van der Waals surface area contributed by atoms with Gasteiger partial charge >= 0.3 is 6.09 Å². The fraction of sp³-hybridized carbons (Fsp3) is 0.324. The van der Waals surface area contributed by atoms with Crippen LogP contribution in [0.25, 0.3) is 32.8 Å². The third-order valence-electron chi connectivity index (χ3n) is 8.67. The van der Waals surface area contributed by atoms with Gasteiger partial charge < -0.3 is 20.1 Å². The summed E-state index contributed by atoms with van der Waals surface area (Å²) in [6, 6.07) is 21.0. The topological polar surface area (TPSA) is 95.5 Å². The van der Waals surface area contributed by atoms with Gasteiger partial charge in [-0.15, -0.1) is 0 Å². The summed E-state index contributed by atoms with van der Waals surface area (Å²) in [5.41, 5.74) is 12.9. The van der Waals surface area contributed by atoms with Crippen molar-refractivity contribution in [3.63, 3.8) is 0 Å². The zero-order chi connectivity index (χ0) is 28.8. The molecule has 2 N–H and O–H groups in total. The maximum absolute atomic E-state index is 12.4. The summed E-state index contributed by atoms with van der Waals surface area (Å²) in [7, 11) is 0. The van der Waals surface area contributed by atoms with E-state index in [1.807, 2.05) is 25.1 Å². The molecule has 8 nitrogen and oxygen atoms in total. The van der Waals surface area contributed by atoms with Crippen molar-refractivity contribution < 1.29 is 14.3 Å². The van der Waals surface area contributed by atoms with Crippen molar-refractivity contribution in [2.75, 3.05) is 25.4 Å². The van der Waals surface area contributed by atoms with Crippen molar-refractivity contribution in [3.05, 3.63) is 83.7 Å². The number of aromatic nitrogens is 3. The number of pyridine rings is 1. The SMILES string of the molecule is CCOC(=O)N1CC[C@H](n2nc(COc3cccc(C4CC4)c3C)c3cc(-c4cccc5c(N)nccc45)ccc32)C1. The van der Waals surface area contributed by atoms with Gasteiger partial charge in [0, 0.05) is 30.1 Å². The monoisotopic (exact) mass is 561 g/mol. The second-order valence-electron chi connectivity index (χ2n) is 11.3. The predicted octanol–water partition coefficient (Wildman–Crippen LogP) is 7.00. The fourth-order valence-corrected chi connectivity index (χ4v) is 6.33. The number of rotatable bonds is 7. The first-order chi connectivity index (χ1) is 20.5. The zero-order valence-corrected chi connectivity index (χ0v) is 24.0. The van der Waals surface area contributed by atoms with E-state index < -0.39 is 0 Å². The van der Waals surface area contributed by atoms with Crippen molar-refractivity contribution in [2.24, 2.45) is 0 Å². The van der Waals surface area contributed by atoms with Crippen LogP contribution in [0.4, 0.5) is 10.6 Å². The van der Waals surface area contributed by atoms with Crippen LogP contribution in [0.5, 0.6) is 5.75 Å². The van der Waals surface area contributed by atoms with E-state index in [1.165, 1.54) is 24.0 Å². The maximum atomic E-state index is 12.4. The molecular formula is C34H35N5O3. The van der Waals surface area contributed by atoms with Crippen molar-refractivity contribution in [3.8, 4) is 16.9 Å². The summed E-state index contributed by atoms with van der Waals surface area (Å²) in [5, 5.41) is 8.15. The van der Waals surface area contributed by atoms with Gasteiger partial charge in [-0.25, -0.2) is 9.78 Å². The van der Waals surface area contributed by atoms with Gasteiger partial charge in [-0.1, -0.05) is 36.4 Å². The second kappa shape index (κ2) is 10.7. The standard InChI is InChI=1S/C34H35N5O3/c1-3-41-34(40)38-17-15-24(19-38)39-31-13-12-23(26-7-4-8-28-27(26)14-16-36-33(28)35)18-29(31)30(37-39)20-42-32-9-5-6-25(21(32)2)22-10-11-22/h4-9,12-14,16,18,22,24H,3,10-11,15,17,19-20H2,1-2H3,(H2,35,36)/t24-/m0/s1. The van der Waals surface area contributed by atoms with E-state index in [0.29, 0.717) is 38.0 Å². The Hall–Kier alpha value is -4.59. The van der Waals surface area contributed by atoms with Crippen molar-refractivity contribution >= 4 is 33.6 Å². The van der Waals surface area contributed by atoms with Crippen LogP contribution in [0.15, 0.2) is 66.9 Å². The van der Waals surface area contributed by atoms with E-state index in [1.54, 1.807) is 11.1 Å². The van der Waals surface area contributed by atoms with E-state index in [4.69, 9.17) is 20.3 Å². The number of hydrogen-bond donors (Lipinski definition) is 1. The van der Waals surface area contributed by atoms with Crippen LogP contribution in [0, 0.1) is 6.92 Å². The van der Waals surface area contributed by atoms with Crippen molar-refractivity contribution in [1.82, 2.24) is 19.7 Å². The van der Waals surface area contributed by atoms with Crippen LogP contribution in [0.1, 0.15) is 55.0 Å². The molecule has 1 aliphatic heterocycles. The molecule has 1 saturated carbocycles. The fourth-order valence-electron chi connectivity index (χ4n) is 6.33. The summed E-state index contributed by atoms with van der Waals surface area (Å²) in [5.74, 6) is 2.09. The molecule has 1 saturated heterocycles. The number of fused-ring (bicyclic) bond motifs is 2. The average Bonchev–Trinajstić information content (AvgIpc) is 3.61. The molecule has 7 rings (SSSR count). The molecule has 2 aliphatic rings. The molecule has 0 bridgehead atoms. The minimum atomic E-state index is -0.266. The highest BCUT2D eigenvalue weighted by atomic mass is 16.6. The molecule has 1 amide bonds. The van der Waals surface area contributed by atoms with E-state index in [0.717, 1.165) is 50.7 Å². The molecular weight excluding hydrogens is 526 g/mol. The lowest BCUT2D eigenvalue weighted by Crippen LogP contribution is -2.29. The minimum absolute atomic E-state index is 0.0554. The van der Waals surface area contributed by atoms with Gasteiger partial charge in [0.1, 0.15) is 23.9 Å². The number of carbonyl (C=O) groups is 1. The van der Waals surface area contributed by atoms with Gasteiger partial charge in [0.15, 0.2) is 0 Å². The molecule has 42 heavy (non-hydrogen) atoms. The molecule has 5 aromatic rings. The summed E-state index contributed by atoms with van der Waals surface area (Å²) >= 11 is 0. The summed E-state index contributed by atoms with van der Waals surface area (Å²) in [4.78, 5) is 18.5. The van der Waals surface area contributed by atoms with Gasteiger partial charge in [-0.3, -0.25) is 4.68 Å². The second-order valence-corrected chi connectivity index (χ2v) is 11.3. The average molecular weight is 562 g/mol. The van der Waals surface area contributed by atoms with Crippen LogP contribution in [0.2, 0.25) is 0 Å². The molecule has 8 heteroatoms. The Balaban J connectivity index is 1.28. The highest BCUT2D eigenvalue weighted by molar-refractivity contribution is 6.02. The zero-order valence-electron chi connectivity index (χ0n) is 24.0. The van der Waals surface area contributed by atoms with Crippen molar-refractivity contribution in [1.29, 1.82) is 0 Å². The highest BCUT2D eigenvalue weighted by Gasteiger charge is 2.31. The number of amides is 1. The quantitative estimate of drug-likeness (QED) is 0.230. The number of ether oxygens (including phenoxy) is 2. The maximum Gasteiger partial charge on any atom is 0.409 e. The smallest absolute Gasteiger partial charge is 0.409 e. The molecule has 2 fully saturated rings. The van der Waals surface area contributed by atoms with Crippen LogP contribution < -0.4 is 10.5 Å². The molecule has 3 heterocycles. The first-order valence-corrected chi connectivity index (χ1v) is 14.8. The lowest BCUT2D eigenvalue weighted by Gasteiger charge is -2.16. The lowest BCUT2D eigenvalue weighted by atomic mass is 9.97. The third kappa shape index (κ3) is 4.70. The molecule has 3 aromatic carbocycles. The lowest BCUT2D eigenvalue weighted by molar-refractivity contribution is 0.114. The normalized spacial score (nSPS) is 16.8. The number of likely N-dealkylation sites (tertiary alicyclic amines) is 1. The Kier molecular flexibility index (Phi) is 6.69. The van der Waals surface area contributed by atoms with Gasteiger partial charge in [0.05, 0.1) is 18.2 Å². The van der Waals surface area contributed by atoms with Crippen LogP contribution in [0.3, 0.4) is 0 Å². The van der Waals surface area contributed by atoms with Crippen molar-refractivity contribution in [2.45, 2.75) is 51.7 Å². The Morgan fingerprint density at radius 3 is 2.71 bits per heavy atom. The van der Waals surface area contributed by atoms with Gasteiger partial charge in [0.2, 0.25) is 0 Å². The van der Waals surface area contributed by atoms with Gasteiger partial charge in [-0.05, 0) is 90.9 Å². The van der Waals surface area contributed by atoms with Crippen LogP contribution in [-0.4, -0.2) is 45.5 Å². The number of benzene rings is 3. The minimum Gasteiger partial charge on any atom is -0.487 e. The van der Waals surface area contributed by atoms with E-state index in [2.05, 4.69) is 59.1 Å². The van der Waals surface area contributed by atoms with Crippen LogP contribution in [-0.2, 0) is 11.3 Å². The Labute approximate surface area is 245 Å². The van der Waals surface area contributed by atoms with E-state index in [-0.39, 0.29) is 12.1 Å². The molecule has 214 valence electrons.